The molecule has 0 spiro atoms. The number of ether oxygens (including phenoxy) is 1. The predicted octanol–water partition coefficient (Wildman–Crippen LogP) is 4.72. The molecule has 0 radical (unpaired) electrons. The quantitative estimate of drug-likeness (QED) is 0.677. The van der Waals surface area contributed by atoms with Gasteiger partial charge in [0.25, 0.3) is 0 Å². The number of benzene rings is 2. The number of carbonyl (C=O) groups is 2. The normalized spacial score (nSPS) is 16.4. The van der Waals surface area contributed by atoms with Crippen LogP contribution >= 0.6 is 22.9 Å². The molecule has 1 N–H and O–H groups in total. The molecule has 126 valence electrons. The highest BCUT2D eigenvalue weighted by Crippen LogP contribution is 2.37. The summed E-state index contributed by atoms with van der Waals surface area (Å²) in [5.41, 5.74) is 1.45. The lowest BCUT2D eigenvalue weighted by atomic mass is 9.91. The van der Waals surface area contributed by atoms with Gasteiger partial charge in [-0.15, -0.1) is 11.3 Å². The maximum atomic E-state index is 12.6. The van der Waals surface area contributed by atoms with E-state index in [0.29, 0.717) is 10.7 Å². The van der Waals surface area contributed by atoms with E-state index in [1.807, 2.05) is 42.5 Å². The van der Waals surface area contributed by atoms with Gasteiger partial charge in [0.2, 0.25) is 5.91 Å². The van der Waals surface area contributed by atoms with Gasteiger partial charge in [0.15, 0.2) is 0 Å². The van der Waals surface area contributed by atoms with E-state index in [2.05, 4.69) is 5.32 Å². The van der Waals surface area contributed by atoms with Gasteiger partial charge in [0.1, 0.15) is 6.61 Å². The van der Waals surface area contributed by atoms with E-state index in [4.69, 9.17) is 16.3 Å². The summed E-state index contributed by atoms with van der Waals surface area (Å²) in [6.07, 6.45) is 0.0932. The molecule has 2 heterocycles. The molecule has 25 heavy (non-hydrogen) atoms. The molecular formula is C19H14ClNO3S. The Hall–Kier alpha value is -2.37. The molecule has 1 aliphatic rings. The van der Waals surface area contributed by atoms with Crippen molar-refractivity contribution in [1.29, 1.82) is 0 Å². The summed E-state index contributed by atoms with van der Waals surface area (Å²) in [6, 6.07) is 15.1. The molecule has 1 unspecified atom stereocenters. The second-order valence-corrected chi connectivity index (χ2v) is 7.35. The number of para-hydroxylation sites is 1. The lowest BCUT2D eigenvalue weighted by molar-refractivity contribution is -0.148. The third-order valence-corrected chi connectivity index (χ3v) is 5.92. The van der Waals surface area contributed by atoms with E-state index in [9.17, 15) is 9.59 Å². The van der Waals surface area contributed by atoms with Crippen LogP contribution < -0.4 is 5.32 Å². The van der Waals surface area contributed by atoms with Crippen molar-refractivity contribution in [3.05, 3.63) is 64.0 Å². The SMILES string of the molecule is O=C1CC(C(=O)OCc2sc3ccccc3c2Cl)c2ccccc2N1. The molecule has 2 aromatic carbocycles. The average Bonchev–Trinajstić information content (AvgIpc) is 2.95. The molecule has 1 aromatic heterocycles. The van der Waals surface area contributed by atoms with Crippen LogP contribution in [0.1, 0.15) is 22.8 Å². The molecular weight excluding hydrogens is 358 g/mol. The summed E-state index contributed by atoms with van der Waals surface area (Å²) < 4.78 is 6.55. The minimum atomic E-state index is -0.585. The maximum absolute atomic E-state index is 12.6. The third-order valence-electron chi connectivity index (χ3n) is 4.23. The molecule has 0 saturated heterocycles. The fourth-order valence-corrected chi connectivity index (χ4v) is 4.42. The smallest absolute Gasteiger partial charge is 0.314 e. The van der Waals surface area contributed by atoms with Gasteiger partial charge < -0.3 is 10.1 Å². The number of rotatable bonds is 3. The van der Waals surface area contributed by atoms with Crippen molar-refractivity contribution in [2.24, 2.45) is 0 Å². The number of hydrogen-bond acceptors (Lipinski definition) is 4. The molecule has 4 rings (SSSR count). The van der Waals surface area contributed by atoms with Crippen LogP contribution in [-0.2, 0) is 20.9 Å². The Morgan fingerprint density at radius 1 is 1.20 bits per heavy atom. The van der Waals surface area contributed by atoms with E-state index in [-0.39, 0.29) is 18.9 Å². The van der Waals surface area contributed by atoms with Gasteiger partial charge in [-0.05, 0) is 17.7 Å². The number of fused-ring (bicyclic) bond motifs is 2. The monoisotopic (exact) mass is 371 g/mol. The molecule has 3 aromatic rings. The molecule has 1 amide bonds. The standard InChI is InChI=1S/C19H14ClNO3S/c20-18-12-6-2-4-8-15(12)25-16(18)10-24-19(23)13-9-17(22)21-14-7-3-1-5-11(13)14/h1-8,13H,9-10H2,(H,21,22). The van der Waals surface area contributed by atoms with Crippen molar-refractivity contribution in [2.75, 3.05) is 5.32 Å². The Bertz CT molecular complexity index is 982. The van der Waals surface area contributed by atoms with Crippen LogP contribution in [0.25, 0.3) is 10.1 Å². The van der Waals surface area contributed by atoms with E-state index in [1.54, 1.807) is 6.07 Å². The van der Waals surface area contributed by atoms with Gasteiger partial charge >= 0.3 is 5.97 Å². The number of carbonyl (C=O) groups excluding carboxylic acids is 2. The molecule has 1 aliphatic heterocycles. The van der Waals surface area contributed by atoms with Crippen LogP contribution in [0, 0.1) is 0 Å². The first-order valence-corrected chi connectivity index (χ1v) is 9.04. The molecule has 0 aliphatic carbocycles. The Labute approximate surface area is 153 Å². The Morgan fingerprint density at radius 2 is 1.96 bits per heavy atom. The highest BCUT2D eigenvalue weighted by molar-refractivity contribution is 7.19. The predicted molar refractivity (Wildman–Crippen MR) is 99.1 cm³/mol. The molecule has 0 saturated carbocycles. The van der Waals surface area contributed by atoms with Crippen LogP contribution in [-0.4, -0.2) is 11.9 Å². The fraction of sp³-hybridized carbons (Fsp3) is 0.158. The second-order valence-electron chi connectivity index (χ2n) is 5.84. The van der Waals surface area contributed by atoms with Gasteiger partial charge in [0, 0.05) is 22.2 Å². The summed E-state index contributed by atoms with van der Waals surface area (Å²) in [5.74, 6) is -1.17. The average molecular weight is 372 g/mol. The van der Waals surface area contributed by atoms with Crippen LogP contribution in [0.5, 0.6) is 0 Å². The first-order valence-electron chi connectivity index (χ1n) is 7.85. The van der Waals surface area contributed by atoms with Crippen LogP contribution in [0.2, 0.25) is 5.02 Å². The first-order chi connectivity index (χ1) is 12.1. The number of hydrogen-bond donors (Lipinski definition) is 1. The van der Waals surface area contributed by atoms with Gasteiger partial charge in [-0.3, -0.25) is 9.59 Å². The van der Waals surface area contributed by atoms with Gasteiger partial charge in [-0.2, -0.15) is 0 Å². The molecule has 4 nitrogen and oxygen atoms in total. The molecule has 6 heteroatoms. The minimum Gasteiger partial charge on any atom is -0.459 e. The van der Waals surface area contributed by atoms with Crippen molar-refractivity contribution in [1.82, 2.24) is 0 Å². The first kappa shape index (κ1) is 16.1. The highest BCUT2D eigenvalue weighted by Gasteiger charge is 2.31. The minimum absolute atomic E-state index is 0.0932. The number of thiophene rings is 1. The van der Waals surface area contributed by atoms with Gasteiger partial charge in [-0.25, -0.2) is 0 Å². The van der Waals surface area contributed by atoms with Crippen LogP contribution in [0.4, 0.5) is 5.69 Å². The third kappa shape index (κ3) is 3.01. The van der Waals surface area contributed by atoms with Crippen LogP contribution in [0.3, 0.4) is 0 Å². The summed E-state index contributed by atoms with van der Waals surface area (Å²) >= 11 is 7.90. The fourth-order valence-electron chi connectivity index (χ4n) is 3.02. The molecule has 0 bridgehead atoms. The lowest BCUT2D eigenvalue weighted by Crippen LogP contribution is -2.28. The van der Waals surface area contributed by atoms with E-state index in [0.717, 1.165) is 20.5 Å². The van der Waals surface area contributed by atoms with E-state index in [1.165, 1.54) is 11.3 Å². The van der Waals surface area contributed by atoms with Crippen LogP contribution in [0.15, 0.2) is 48.5 Å². The van der Waals surface area contributed by atoms with Gasteiger partial charge in [0.05, 0.1) is 15.8 Å². The number of nitrogens with one attached hydrogen (secondary N) is 1. The zero-order valence-corrected chi connectivity index (χ0v) is 14.7. The maximum Gasteiger partial charge on any atom is 0.314 e. The second kappa shape index (κ2) is 6.50. The lowest BCUT2D eigenvalue weighted by Gasteiger charge is -2.24. The van der Waals surface area contributed by atoms with Crippen molar-refractivity contribution in [3.63, 3.8) is 0 Å². The topological polar surface area (TPSA) is 55.4 Å². The van der Waals surface area contributed by atoms with Crippen molar-refractivity contribution < 1.29 is 14.3 Å². The van der Waals surface area contributed by atoms with E-state index < -0.39 is 11.9 Å². The van der Waals surface area contributed by atoms with Crippen molar-refractivity contribution in [2.45, 2.75) is 18.9 Å². The number of anilines is 1. The summed E-state index contributed by atoms with van der Waals surface area (Å²) in [6.45, 7) is 0.108. The molecule has 0 fully saturated rings. The Morgan fingerprint density at radius 3 is 2.80 bits per heavy atom. The summed E-state index contributed by atoms with van der Waals surface area (Å²) in [5, 5.41) is 4.36. The molecule has 1 atom stereocenters. The Kier molecular flexibility index (Phi) is 4.19. The number of halogens is 1. The summed E-state index contributed by atoms with van der Waals surface area (Å²) in [7, 11) is 0. The van der Waals surface area contributed by atoms with Gasteiger partial charge in [-0.1, -0.05) is 48.0 Å². The number of amides is 1. The van der Waals surface area contributed by atoms with Crippen molar-refractivity contribution >= 4 is 50.6 Å². The summed E-state index contributed by atoms with van der Waals surface area (Å²) in [4.78, 5) is 25.2. The zero-order valence-electron chi connectivity index (χ0n) is 13.1. The van der Waals surface area contributed by atoms with E-state index >= 15 is 0 Å². The Balaban J connectivity index is 1.54. The number of esters is 1. The van der Waals surface area contributed by atoms with Crippen molar-refractivity contribution in [3.8, 4) is 0 Å². The highest BCUT2D eigenvalue weighted by atomic mass is 35.5. The zero-order chi connectivity index (χ0) is 17.4. The largest absolute Gasteiger partial charge is 0.459 e.